The number of nitrogen functional groups attached to an aromatic ring is 1. The minimum absolute atomic E-state index is 0.464. The fourth-order valence-electron chi connectivity index (χ4n) is 2.64. The maximum Gasteiger partial charge on any atom is 0.148 e. The zero-order valence-corrected chi connectivity index (χ0v) is 12.1. The van der Waals surface area contributed by atoms with Crippen molar-refractivity contribution < 1.29 is 4.74 Å². The molecule has 1 aromatic heterocycles. The van der Waals surface area contributed by atoms with E-state index in [1.165, 1.54) is 32.1 Å². The van der Waals surface area contributed by atoms with Gasteiger partial charge in [-0.3, -0.25) is 0 Å². The van der Waals surface area contributed by atoms with Gasteiger partial charge in [0.2, 0.25) is 0 Å². The molecule has 0 radical (unpaired) electrons. The first-order valence-corrected chi connectivity index (χ1v) is 7.40. The van der Waals surface area contributed by atoms with Crippen LogP contribution in [0.15, 0.2) is 0 Å². The lowest BCUT2D eigenvalue weighted by atomic mass is 9.98. The molecule has 0 spiro atoms. The van der Waals surface area contributed by atoms with E-state index in [2.05, 4.69) is 17.3 Å². The van der Waals surface area contributed by atoms with Crippen molar-refractivity contribution in [1.29, 1.82) is 0 Å². The number of hydrogen-bond donors (Lipinski definition) is 2. The van der Waals surface area contributed by atoms with Gasteiger partial charge in [0.05, 0.1) is 24.1 Å². The Morgan fingerprint density at radius 3 is 2.79 bits per heavy atom. The lowest BCUT2D eigenvalue weighted by molar-refractivity contribution is 0.0347. The van der Waals surface area contributed by atoms with Crippen LogP contribution in [0.3, 0.4) is 0 Å². The molecule has 1 aliphatic rings. The van der Waals surface area contributed by atoms with Gasteiger partial charge in [-0.15, -0.1) is 0 Å². The molecule has 1 fully saturated rings. The van der Waals surface area contributed by atoms with Gasteiger partial charge in [-0.05, 0) is 26.7 Å². The Morgan fingerprint density at radius 2 is 2.11 bits per heavy atom. The summed E-state index contributed by atoms with van der Waals surface area (Å²) in [5, 5.41) is 7.73. The van der Waals surface area contributed by atoms with Crippen LogP contribution >= 0.6 is 0 Å². The van der Waals surface area contributed by atoms with Gasteiger partial charge in [-0.1, -0.05) is 19.3 Å². The Kier molecular flexibility index (Phi) is 5.07. The molecular weight excluding hydrogens is 240 g/mol. The zero-order valence-electron chi connectivity index (χ0n) is 12.1. The summed E-state index contributed by atoms with van der Waals surface area (Å²) in [7, 11) is 0. The predicted octanol–water partition coefficient (Wildman–Crippen LogP) is 2.55. The third-order valence-corrected chi connectivity index (χ3v) is 3.77. The second kappa shape index (κ2) is 6.80. The van der Waals surface area contributed by atoms with Gasteiger partial charge in [0, 0.05) is 13.1 Å². The summed E-state index contributed by atoms with van der Waals surface area (Å²) in [5.74, 6) is 0.923. The van der Waals surface area contributed by atoms with E-state index in [0.717, 1.165) is 36.9 Å². The molecule has 5 nitrogen and oxygen atoms in total. The molecule has 0 bridgehead atoms. The van der Waals surface area contributed by atoms with Gasteiger partial charge >= 0.3 is 0 Å². The molecular formula is C14H26N4O. The van der Waals surface area contributed by atoms with E-state index < -0.39 is 0 Å². The summed E-state index contributed by atoms with van der Waals surface area (Å²) >= 11 is 0. The van der Waals surface area contributed by atoms with Crippen molar-refractivity contribution in [2.24, 2.45) is 0 Å². The smallest absolute Gasteiger partial charge is 0.148 e. The molecule has 19 heavy (non-hydrogen) atoms. The Bertz CT molecular complexity index is 396. The molecule has 0 aliphatic heterocycles. The van der Waals surface area contributed by atoms with Crippen molar-refractivity contribution in [3.63, 3.8) is 0 Å². The molecule has 1 aliphatic carbocycles. The van der Waals surface area contributed by atoms with Crippen LogP contribution in [0.4, 0.5) is 11.5 Å². The normalized spacial score (nSPS) is 16.7. The summed E-state index contributed by atoms with van der Waals surface area (Å²) in [6.45, 7) is 6.34. The van der Waals surface area contributed by atoms with Crippen molar-refractivity contribution >= 4 is 11.5 Å². The fraction of sp³-hybridized carbons (Fsp3) is 0.786. The molecule has 0 aromatic carbocycles. The van der Waals surface area contributed by atoms with Crippen molar-refractivity contribution in [1.82, 2.24) is 9.78 Å². The number of anilines is 2. The standard InChI is InChI=1S/C14H26N4O/c1-3-18-14(13(15)11(2)17-18)16-9-10-19-12-7-5-4-6-8-12/h12,16H,3-10,15H2,1-2H3. The van der Waals surface area contributed by atoms with Crippen LogP contribution in [0, 0.1) is 6.92 Å². The second-order valence-corrected chi connectivity index (χ2v) is 5.22. The molecule has 1 saturated carbocycles. The Labute approximate surface area is 115 Å². The maximum atomic E-state index is 6.02. The van der Waals surface area contributed by atoms with E-state index in [1.807, 2.05) is 11.6 Å². The van der Waals surface area contributed by atoms with E-state index >= 15 is 0 Å². The van der Waals surface area contributed by atoms with Crippen LogP contribution in [-0.2, 0) is 11.3 Å². The van der Waals surface area contributed by atoms with Crippen molar-refractivity contribution in [3.05, 3.63) is 5.69 Å². The highest BCUT2D eigenvalue weighted by molar-refractivity contribution is 5.64. The number of nitrogens with two attached hydrogens (primary N) is 1. The number of rotatable bonds is 6. The van der Waals surface area contributed by atoms with Gasteiger partial charge in [0.25, 0.3) is 0 Å². The summed E-state index contributed by atoms with van der Waals surface area (Å²) in [6.07, 6.45) is 6.89. The maximum absolute atomic E-state index is 6.02. The largest absolute Gasteiger partial charge is 0.394 e. The summed E-state index contributed by atoms with van der Waals surface area (Å²) < 4.78 is 7.80. The lowest BCUT2D eigenvalue weighted by Gasteiger charge is -2.22. The van der Waals surface area contributed by atoms with Gasteiger partial charge in [-0.25, -0.2) is 4.68 Å². The molecule has 2 rings (SSSR count). The third kappa shape index (κ3) is 3.62. The van der Waals surface area contributed by atoms with E-state index in [1.54, 1.807) is 0 Å². The Hall–Kier alpha value is -1.23. The zero-order chi connectivity index (χ0) is 13.7. The highest BCUT2D eigenvalue weighted by atomic mass is 16.5. The minimum Gasteiger partial charge on any atom is -0.394 e. The van der Waals surface area contributed by atoms with Crippen molar-refractivity contribution in [2.45, 2.75) is 58.6 Å². The fourth-order valence-corrected chi connectivity index (χ4v) is 2.64. The first-order chi connectivity index (χ1) is 9.22. The minimum atomic E-state index is 0.464. The highest BCUT2D eigenvalue weighted by Crippen LogP contribution is 2.22. The van der Waals surface area contributed by atoms with Gasteiger partial charge in [-0.2, -0.15) is 5.10 Å². The Morgan fingerprint density at radius 1 is 1.37 bits per heavy atom. The number of aryl methyl sites for hydroxylation is 2. The number of ether oxygens (including phenoxy) is 1. The first kappa shape index (κ1) is 14.2. The molecule has 0 saturated heterocycles. The molecule has 0 amide bonds. The van der Waals surface area contributed by atoms with Gasteiger partial charge < -0.3 is 15.8 Å². The molecule has 108 valence electrons. The molecule has 0 atom stereocenters. The molecule has 0 unspecified atom stereocenters. The summed E-state index contributed by atoms with van der Waals surface area (Å²) in [5.41, 5.74) is 7.65. The highest BCUT2D eigenvalue weighted by Gasteiger charge is 2.14. The van der Waals surface area contributed by atoms with E-state index in [0.29, 0.717) is 6.10 Å². The average Bonchev–Trinajstić information content (AvgIpc) is 2.72. The van der Waals surface area contributed by atoms with Crippen molar-refractivity contribution in [2.75, 3.05) is 24.2 Å². The van der Waals surface area contributed by atoms with Gasteiger partial charge in [0.1, 0.15) is 5.82 Å². The topological polar surface area (TPSA) is 65.1 Å². The molecule has 1 aromatic rings. The van der Waals surface area contributed by atoms with Crippen LogP contribution in [0.5, 0.6) is 0 Å². The van der Waals surface area contributed by atoms with Crippen LogP contribution < -0.4 is 11.1 Å². The molecule has 3 N–H and O–H groups in total. The second-order valence-electron chi connectivity index (χ2n) is 5.22. The van der Waals surface area contributed by atoms with E-state index in [-0.39, 0.29) is 0 Å². The van der Waals surface area contributed by atoms with Gasteiger partial charge in [0.15, 0.2) is 0 Å². The summed E-state index contributed by atoms with van der Waals surface area (Å²) in [6, 6.07) is 0. The van der Waals surface area contributed by atoms with E-state index in [9.17, 15) is 0 Å². The average molecular weight is 266 g/mol. The molecule has 5 heteroatoms. The summed E-state index contributed by atoms with van der Waals surface area (Å²) in [4.78, 5) is 0. The number of nitrogens with zero attached hydrogens (tertiary/aromatic N) is 2. The monoisotopic (exact) mass is 266 g/mol. The quantitative estimate of drug-likeness (QED) is 0.777. The van der Waals surface area contributed by atoms with Crippen molar-refractivity contribution in [3.8, 4) is 0 Å². The predicted molar refractivity (Wildman–Crippen MR) is 78.4 cm³/mol. The third-order valence-electron chi connectivity index (χ3n) is 3.77. The van der Waals surface area contributed by atoms with Crippen LogP contribution in [0.25, 0.3) is 0 Å². The first-order valence-electron chi connectivity index (χ1n) is 7.40. The number of nitrogens with one attached hydrogen (secondary N) is 1. The number of hydrogen-bond acceptors (Lipinski definition) is 4. The number of aromatic nitrogens is 2. The van der Waals surface area contributed by atoms with E-state index in [4.69, 9.17) is 10.5 Å². The van der Waals surface area contributed by atoms with Crippen LogP contribution in [0.2, 0.25) is 0 Å². The molecule has 1 heterocycles. The lowest BCUT2D eigenvalue weighted by Crippen LogP contribution is -2.21. The van der Waals surface area contributed by atoms with Crippen LogP contribution in [0.1, 0.15) is 44.7 Å². The Balaban J connectivity index is 1.76. The van der Waals surface area contributed by atoms with Crippen LogP contribution in [-0.4, -0.2) is 29.0 Å². The SMILES string of the molecule is CCn1nc(C)c(N)c1NCCOC1CCCCC1.